The van der Waals surface area contributed by atoms with Gasteiger partial charge in [0.05, 0.1) is 36.6 Å². The zero-order valence-corrected chi connectivity index (χ0v) is 19.6. The van der Waals surface area contributed by atoms with Gasteiger partial charge in [-0.25, -0.2) is 9.37 Å². The fraction of sp³-hybridized carbons (Fsp3) is 0.231. The van der Waals surface area contributed by atoms with Crippen molar-refractivity contribution >= 4 is 28.3 Å². The van der Waals surface area contributed by atoms with Crippen LogP contribution in [0.25, 0.3) is 22.4 Å². The van der Waals surface area contributed by atoms with Crippen LogP contribution in [-0.4, -0.2) is 43.2 Å². The molecule has 0 atom stereocenters. The van der Waals surface area contributed by atoms with Crippen LogP contribution in [0.2, 0.25) is 0 Å². The third-order valence-electron chi connectivity index (χ3n) is 5.72. The second-order valence-electron chi connectivity index (χ2n) is 7.67. The smallest absolute Gasteiger partial charge is 0.255 e. The number of fused-ring (bicyclic) bond motifs is 1. The first kappa shape index (κ1) is 23.1. The summed E-state index contributed by atoms with van der Waals surface area (Å²) in [4.78, 5) is 23.3. The van der Waals surface area contributed by atoms with E-state index in [2.05, 4.69) is 34.0 Å². The van der Waals surface area contributed by atoms with Crippen molar-refractivity contribution in [1.82, 2.24) is 9.97 Å². The third-order valence-corrected chi connectivity index (χ3v) is 5.72. The van der Waals surface area contributed by atoms with E-state index in [1.165, 1.54) is 19.2 Å². The standard InChI is InChI=1S/C26H27FN4O3/c1-5-31(6-2)22-15-20-19(28-25(29-20)16-7-10-18(27)11-8-16)14-21(22)30-26(32)17-9-12-23(33-3)24(13-17)34-4/h7-15H,5-6H2,1-4H3,(H,28,29)(H,30,32). The van der Waals surface area contributed by atoms with E-state index in [1.807, 2.05) is 12.1 Å². The zero-order valence-electron chi connectivity index (χ0n) is 19.6. The molecular formula is C26H27FN4O3. The van der Waals surface area contributed by atoms with Crippen LogP contribution in [0.3, 0.4) is 0 Å². The molecule has 0 aliphatic rings. The monoisotopic (exact) mass is 462 g/mol. The number of aromatic amines is 1. The minimum Gasteiger partial charge on any atom is -0.493 e. The van der Waals surface area contributed by atoms with Crippen molar-refractivity contribution < 1.29 is 18.7 Å². The van der Waals surface area contributed by atoms with E-state index in [1.54, 1.807) is 37.4 Å². The summed E-state index contributed by atoms with van der Waals surface area (Å²) in [7, 11) is 3.08. The Bertz CT molecular complexity index is 1310. The van der Waals surface area contributed by atoms with Gasteiger partial charge in [0.1, 0.15) is 11.6 Å². The van der Waals surface area contributed by atoms with Gasteiger partial charge in [-0.2, -0.15) is 0 Å². The summed E-state index contributed by atoms with van der Waals surface area (Å²) in [5.74, 6) is 1.08. The SMILES string of the molecule is CCN(CC)c1cc2[nH]c(-c3ccc(F)cc3)nc2cc1NC(=O)c1ccc(OC)c(OC)c1. The van der Waals surface area contributed by atoms with Crippen LogP contribution >= 0.6 is 0 Å². The van der Waals surface area contributed by atoms with E-state index in [0.717, 1.165) is 29.9 Å². The highest BCUT2D eigenvalue weighted by atomic mass is 19.1. The second kappa shape index (κ2) is 9.82. The van der Waals surface area contributed by atoms with Gasteiger partial charge < -0.3 is 24.7 Å². The number of benzene rings is 3. The van der Waals surface area contributed by atoms with Crippen LogP contribution in [0.15, 0.2) is 54.6 Å². The van der Waals surface area contributed by atoms with Crippen LogP contribution in [-0.2, 0) is 0 Å². The van der Waals surface area contributed by atoms with Crippen molar-refractivity contribution in [3.8, 4) is 22.9 Å². The van der Waals surface area contributed by atoms with Gasteiger partial charge in [-0.05, 0) is 68.4 Å². The molecule has 176 valence electrons. The summed E-state index contributed by atoms with van der Waals surface area (Å²) in [6.45, 7) is 5.65. The van der Waals surface area contributed by atoms with Crippen LogP contribution in [0.1, 0.15) is 24.2 Å². The minimum absolute atomic E-state index is 0.275. The summed E-state index contributed by atoms with van der Waals surface area (Å²) < 4.78 is 23.9. The molecule has 0 fully saturated rings. The highest BCUT2D eigenvalue weighted by Gasteiger charge is 2.17. The molecule has 4 aromatic rings. The quantitative estimate of drug-likeness (QED) is 0.362. The van der Waals surface area contributed by atoms with Crippen molar-refractivity contribution in [3.05, 3.63) is 66.0 Å². The number of rotatable bonds is 8. The highest BCUT2D eigenvalue weighted by Crippen LogP contribution is 2.33. The molecule has 0 spiro atoms. The number of ether oxygens (including phenoxy) is 2. The van der Waals surface area contributed by atoms with Gasteiger partial charge in [-0.15, -0.1) is 0 Å². The van der Waals surface area contributed by atoms with Crippen LogP contribution < -0.4 is 19.7 Å². The molecule has 1 amide bonds. The van der Waals surface area contributed by atoms with Crippen molar-refractivity contribution in [3.63, 3.8) is 0 Å². The summed E-state index contributed by atoms with van der Waals surface area (Å²) in [6, 6.07) is 15.0. The van der Waals surface area contributed by atoms with Gasteiger partial charge in [0, 0.05) is 24.2 Å². The van der Waals surface area contributed by atoms with Gasteiger partial charge >= 0.3 is 0 Å². The lowest BCUT2D eigenvalue weighted by Gasteiger charge is -2.24. The molecule has 1 aromatic heterocycles. The molecule has 0 radical (unpaired) electrons. The molecule has 2 N–H and O–H groups in total. The molecule has 0 saturated heterocycles. The summed E-state index contributed by atoms with van der Waals surface area (Å²) in [6.07, 6.45) is 0. The predicted molar refractivity (Wildman–Crippen MR) is 133 cm³/mol. The fourth-order valence-corrected chi connectivity index (χ4v) is 3.89. The lowest BCUT2D eigenvalue weighted by atomic mass is 10.1. The number of H-pyrrole nitrogens is 1. The molecule has 8 heteroatoms. The first-order chi connectivity index (χ1) is 16.5. The molecule has 0 bridgehead atoms. The van der Waals surface area contributed by atoms with Crippen molar-refractivity contribution in [2.24, 2.45) is 0 Å². The lowest BCUT2D eigenvalue weighted by Crippen LogP contribution is -2.24. The van der Waals surface area contributed by atoms with Gasteiger partial charge in [0.25, 0.3) is 5.91 Å². The summed E-state index contributed by atoms with van der Waals surface area (Å²) in [5.41, 5.74) is 4.26. The maximum Gasteiger partial charge on any atom is 0.255 e. The van der Waals surface area contributed by atoms with Crippen LogP contribution in [0, 0.1) is 5.82 Å². The number of hydrogen-bond acceptors (Lipinski definition) is 5. The van der Waals surface area contributed by atoms with E-state index in [0.29, 0.717) is 34.1 Å². The highest BCUT2D eigenvalue weighted by molar-refractivity contribution is 6.07. The number of methoxy groups -OCH3 is 2. The first-order valence-corrected chi connectivity index (χ1v) is 11.0. The molecule has 34 heavy (non-hydrogen) atoms. The van der Waals surface area contributed by atoms with Crippen molar-refractivity contribution in [2.45, 2.75) is 13.8 Å². The number of carbonyl (C=O) groups excluding carboxylic acids is 1. The normalized spacial score (nSPS) is 10.9. The largest absolute Gasteiger partial charge is 0.493 e. The van der Waals surface area contributed by atoms with Gasteiger partial charge in [0.15, 0.2) is 11.5 Å². The Morgan fingerprint density at radius 1 is 1.00 bits per heavy atom. The average molecular weight is 463 g/mol. The third kappa shape index (κ3) is 4.52. The molecule has 0 saturated carbocycles. The Kier molecular flexibility index (Phi) is 6.67. The number of nitrogens with one attached hydrogen (secondary N) is 2. The van der Waals surface area contributed by atoms with Gasteiger partial charge in [-0.1, -0.05) is 0 Å². The Hall–Kier alpha value is -4.07. The molecule has 0 aliphatic heterocycles. The average Bonchev–Trinajstić information content (AvgIpc) is 3.27. The topological polar surface area (TPSA) is 79.5 Å². The molecule has 3 aromatic carbocycles. The first-order valence-electron chi connectivity index (χ1n) is 11.0. The minimum atomic E-state index is -0.302. The predicted octanol–water partition coefficient (Wildman–Crippen LogP) is 5.48. The number of halogens is 1. The number of carbonyl (C=O) groups is 1. The number of amides is 1. The molecular weight excluding hydrogens is 435 g/mol. The lowest BCUT2D eigenvalue weighted by molar-refractivity contribution is 0.102. The van der Waals surface area contributed by atoms with Crippen molar-refractivity contribution in [1.29, 1.82) is 0 Å². The summed E-state index contributed by atoms with van der Waals surface area (Å²) >= 11 is 0. The number of nitrogens with zero attached hydrogens (tertiary/aromatic N) is 2. The molecule has 7 nitrogen and oxygen atoms in total. The van der Waals surface area contributed by atoms with E-state index in [-0.39, 0.29) is 11.7 Å². The second-order valence-corrected chi connectivity index (χ2v) is 7.67. The van der Waals surface area contributed by atoms with Gasteiger partial charge in [-0.3, -0.25) is 4.79 Å². The molecule has 0 aliphatic carbocycles. The number of aromatic nitrogens is 2. The Morgan fingerprint density at radius 2 is 1.71 bits per heavy atom. The van der Waals surface area contributed by atoms with Gasteiger partial charge in [0.2, 0.25) is 0 Å². The molecule has 1 heterocycles. The maximum absolute atomic E-state index is 13.3. The Balaban J connectivity index is 1.74. The Labute approximate surface area is 197 Å². The van der Waals surface area contributed by atoms with E-state index in [9.17, 15) is 9.18 Å². The molecule has 4 rings (SSSR count). The maximum atomic E-state index is 13.3. The molecule has 0 unspecified atom stereocenters. The Morgan fingerprint density at radius 3 is 2.35 bits per heavy atom. The van der Waals surface area contributed by atoms with Crippen LogP contribution in [0.4, 0.5) is 15.8 Å². The number of imidazole rings is 1. The summed E-state index contributed by atoms with van der Waals surface area (Å²) in [5, 5.41) is 3.03. The number of anilines is 2. The van der Waals surface area contributed by atoms with Crippen LogP contribution in [0.5, 0.6) is 11.5 Å². The fourth-order valence-electron chi connectivity index (χ4n) is 3.89. The number of hydrogen-bond donors (Lipinski definition) is 2. The van der Waals surface area contributed by atoms with E-state index >= 15 is 0 Å². The van der Waals surface area contributed by atoms with E-state index in [4.69, 9.17) is 9.47 Å². The zero-order chi connectivity index (χ0) is 24.2. The van der Waals surface area contributed by atoms with Crippen molar-refractivity contribution in [2.75, 3.05) is 37.5 Å². The van der Waals surface area contributed by atoms with E-state index < -0.39 is 0 Å².